The van der Waals surface area contributed by atoms with E-state index in [0.29, 0.717) is 17.9 Å². The van der Waals surface area contributed by atoms with E-state index >= 15 is 0 Å². The van der Waals surface area contributed by atoms with Crippen LogP contribution in [0.2, 0.25) is 5.02 Å². The molecular formula is C19H14ClF2NO3. The molecule has 0 saturated heterocycles. The number of esters is 1. The van der Waals surface area contributed by atoms with Crippen LogP contribution in [0.5, 0.6) is 5.75 Å². The lowest BCUT2D eigenvalue weighted by atomic mass is 10.2. The summed E-state index contributed by atoms with van der Waals surface area (Å²) in [5.74, 6) is -2.42. The summed E-state index contributed by atoms with van der Waals surface area (Å²) < 4.78 is 37.2. The molecule has 3 rings (SSSR count). The van der Waals surface area contributed by atoms with Gasteiger partial charge in [-0.1, -0.05) is 30.7 Å². The number of rotatable bonds is 5. The maximum absolute atomic E-state index is 13.4. The van der Waals surface area contributed by atoms with E-state index in [0.717, 1.165) is 18.6 Å². The molecule has 0 fully saturated rings. The van der Waals surface area contributed by atoms with Gasteiger partial charge in [0.1, 0.15) is 5.75 Å². The van der Waals surface area contributed by atoms with Gasteiger partial charge in [-0.25, -0.2) is 18.6 Å². The Morgan fingerprint density at radius 2 is 2.00 bits per heavy atom. The molecule has 0 radical (unpaired) electrons. The van der Waals surface area contributed by atoms with E-state index in [1.165, 1.54) is 6.08 Å². The molecular weight excluding hydrogens is 364 g/mol. The van der Waals surface area contributed by atoms with Gasteiger partial charge < -0.3 is 9.47 Å². The van der Waals surface area contributed by atoms with Crippen molar-refractivity contribution in [3.63, 3.8) is 0 Å². The van der Waals surface area contributed by atoms with E-state index in [1.54, 1.807) is 24.3 Å². The Morgan fingerprint density at radius 3 is 2.77 bits per heavy atom. The Bertz CT molecular complexity index is 925. The lowest BCUT2D eigenvalue weighted by molar-refractivity contribution is -0.129. The Morgan fingerprint density at radius 1 is 1.23 bits per heavy atom. The summed E-state index contributed by atoms with van der Waals surface area (Å²) in [6.07, 6.45) is 2.39. The van der Waals surface area contributed by atoms with Crippen molar-refractivity contribution in [2.75, 3.05) is 6.61 Å². The third-order valence-corrected chi connectivity index (χ3v) is 3.81. The second-order valence-electron chi connectivity index (χ2n) is 5.50. The standard InChI is InChI=1S/C19H14ClF2NO3/c1-2-6-25-12-5-3-4-11(7-12)8-17-19(24)26-18(23-17)13-9-15(21)16(22)10-14(13)20/h3-5,7-10H,2,6H2,1H3/b17-8+. The third-order valence-electron chi connectivity index (χ3n) is 3.50. The number of hydrogen-bond donors (Lipinski definition) is 0. The van der Waals surface area contributed by atoms with Gasteiger partial charge in [-0.3, -0.25) is 0 Å². The zero-order valence-corrected chi connectivity index (χ0v) is 14.5. The van der Waals surface area contributed by atoms with Gasteiger partial charge in [0.15, 0.2) is 17.3 Å². The van der Waals surface area contributed by atoms with E-state index in [9.17, 15) is 13.6 Å². The molecule has 0 aromatic heterocycles. The van der Waals surface area contributed by atoms with Gasteiger partial charge >= 0.3 is 5.97 Å². The van der Waals surface area contributed by atoms with Gasteiger partial charge in [0.25, 0.3) is 0 Å². The number of halogens is 3. The van der Waals surface area contributed by atoms with Gasteiger partial charge in [0, 0.05) is 0 Å². The van der Waals surface area contributed by atoms with E-state index < -0.39 is 17.6 Å². The molecule has 0 aliphatic carbocycles. The highest BCUT2D eigenvalue weighted by Crippen LogP contribution is 2.26. The van der Waals surface area contributed by atoms with Gasteiger partial charge in [0.2, 0.25) is 5.90 Å². The van der Waals surface area contributed by atoms with E-state index in [-0.39, 0.29) is 22.2 Å². The second-order valence-corrected chi connectivity index (χ2v) is 5.91. The number of benzene rings is 2. The maximum Gasteiger partial charge on any atom is 0.363 e. The van der Waals surface area contributed by atoms with Crippen molar-refractivity contribution in [2.45, 2.75) is 13.3 Å². The van der Waals surface area contributed by atoms with Crippen LogP contribution >= 0.6 is 11.6 Å². The minimum absolute atomic E-state index is 0.00217. The molecule has 0 saturated carbocycles. The minimum Gasteiger partial charge on any atom is -0.494 e. The normalized spacial score (nSPS) is 15.2. The summed E-state index contributed by atoms with van der Waals surface area (Å²) in [5, 5.41) is -0.105. The average Bonchev–Trinajstić information content (AvgIpc) is 2.97. The zero-order chi connectivity index (χ0) is 18.7. The summed E-state index contributed by atoms with van der Waals surface area (Å²) in [7, 11) is 0. The van der Waals surface area contributed by atoms with Crippen LogP contribution in [0.4, 0.5) is 8.78 Å². The lowest BCUT2D eigenvalue weighted by Gasteiger charge is -2.04. The minimum atomic E-state index is -1.11. The van der Waals surface area contributed by atoms with Crippen LogP contribution in [0.25, 0.3) is 6.08 Å². The quantitative estimate of drug-likeness (QED) is 0.429. The number of carbonyl (C=O) groups is 1. The molecule has 0 amide bonds. The Kier molecular flexibility index (Phi) is 5.32. The highest BCUT2D eigenvalue weighted by Gasteiger charge is 2.26. The van der Waals surface area contributed by atoms with Crippen LogP contribution in [0.1, 0.15) is 24.5 Å². The lowest BCUT2D eigenvalue weighted by Crippen LogP contribution is -2.07. The molecule has 7 heteroatoms. The molecule has 0 bridgehead atoms. The highest BCUT2D eigenvalue weighted by atomic mass is 35.5. The zero-order valence-electron chi connectivity index (χ0n) is 13.8. The molecule has 134 valence electrons. The molecule has 2 aromatic carbocycles. The van der Waals surface area contributed by atoms with E-state index in [2.05, 4.69) is 4.99 Å². The van der Waals surface area contributed by atoms with Crippen LogP contribution in [0.3, 0.4) is 0 Å². The van der Waals surface area contributed by atoms with E-state index in [1.807, 2.05) is 6.92 Å². The SMILES string of the molecule is CCCOc1cccc(/C=C2/N=C(c3cc(F)c(F)cc3Cl)OC2=O)c1. The number of aliphatic imine (C=N–C) groups is 1. The van der Waals surface area contributed by atoms with Crippen molar-refractivity contribution in [3.05, 3.63) is 69.9 Å². The van der Waals surface area contributed by atoms with Gasteiger partial charge in [-0.05, 0) is 42.3 Å². The van der Waals surface area contributed by atoms with Crippen molar-refractivity contribution in [2.24, 2.45) is 4.99 Å². The fraction of sp³-hybridized carbons (Fsp3) is 0.158. The number of ether oxygens (including phenoxy) is 2. The second kappa shape index (κ2) is 7.66. The predicted molar refractivity (Wildman–Crippen MR) is 94.2 cm³/mol. The molecule has 1 aliphatic rings. The van der Waals surface area contributed by atoms with Crippen LogP contribution in [0.15, 0.2) is 47.1 Å². The molecule has 2 aromatic rings. The largest absolute Gasteiger partial charge is 0.494 e. The Labute approximate surface area is 153 Å². The first kappa shape index (κ1) is 18.1. The van der Waals surface area contributed by atoms with Gasteiger partial charge in [-0.15, -0.1) is 0 Å². The van der Waals surface area contributed by atoms with Crippen molar-refractivity contribution >= 4 is 29.5 Å². The smallest absolute Gasteiger partial charge is 0.363 e. The van der Waals surface area contributed by atoms with Crippen LogP contribution in [-0.2, 0) is 9.53 Å². The molecule has 0 spiro atoms. The van der Waals surface area contributed by atoms with Crippen molar-refractivity contribution in [1.82, 2.24) is 0 Å². The Hall–Kier alpha value is -2.73. The average molecular weight is 378 g/mol. The first-order valence-electron chi connectivity index (χ1n) is 7.88. The monoisotopic (exact) mass is 377 g/mol. The highest BCUT2D eigenvalue weighted by molar-refractivity contribution is 6.34. The Balaban J connectivity index is 1.91. The van der Waals surface area contributed by atoms with Crippen LogP contribution in [0, 0.1) is 11.6 Å². The van der Waals surface area contributed by atoms with Gasteiger partial charge in [0.05, 0.1) is 17.2 Å². The molecule has 0 N–H and O–H groups in total. The molecule has 26 heavy (non-hydrogen) atoms. The first-order chi connectivity index (χ1) is 12.5. The summed E-state index contributed by atoms with van der Waals surface area (Å²) in [6, 6.07) is 8.77. The summed E-state index contributed by atoms with van der Waals surface area (Å²) in [5.41, 5.74) is 0.711. The third kappa shape index (κ3) is 3.91. The number of cyclic esters (lactones) is 1. The van der Waals surface area contributed by atoms with Crippen LogP contribution in [-0.4, -0.2) is 18.5 Å². The molecule has 0 unspecified atom stereocenters. The number of nitrogens with zero attached hydrogens (tertiary/aromatic N) is 1. The fourth-order valence-corrected chi connectivity index (χ4v) is 2.51. The molecule has 1 heterocycles. The predicted octanol–water partition coefficient (Wildman–Crippen LogP) is 4.75. The number of hydrogen-bond acceptors (Lipinski definition) is 4. The molecule has 0 atom stereocenters. The maximum atomic E-state index is 13.4. The number of carbonyl (C=O) groups excluding carboxylic acids is 1. The first-order valence-corrected chi connectivity index (χ1v) is 8.26. The van der Waals surface area contributed by atoms with Gasteiger partial charge in [-0.2, -0.15) is 0 Å². The summed E-state index contributed by atoms with van der Waals surface area (Å²) in [6.45, 7) is 2.58. The molecule has 4 nitrogen and oxygen atoms in total. The van der Waals surface area contributed by atoms with Crippen LogP contribution < -0.4 is 4.74 Å². The molecule has 1 aliphatic heterocycles. The van der Waals surface area contributed by atoms with Crippen molar-refractivity contribution in [3.8, 4) is 5.75 Å². The van der Waals surface area contributed by atoms with Crippen molar-refractivity contribution in [1.29, 1.82) is 0 Å². The van der Waals surface area contributed by atoms with Crippen molar-refractivity contribution < 1.29 is 23.0 Å². The fourth-order valence-electron chi connectivity index (χ4n) is 2.28. The topological polar surface area (TPSA) is 47.9 Å². The summed E-state index contributed by atoms with van der Waals surface area (Å²) >= 11 is 5.89. The van der Waals surface area contributed by atoms with E-state index in [4.69, 9.17) is 21.1 Å². The summed E-state index contributed by atoms with van der Waals surface area (Å²) in [4.78, 5) is 16.1.